The van der Waals surface area contributed by atoms with Crippen LogP contribution in [-0.4, -0.2) is 19.1 Å². The molecule has 1 rings (SSSR count). The number of hydrogen-bond acceptors (Lipinski definition) is 4. The number of aryl methyl sites for hydroxylation is 1. The average molecular weight is 167 g/mol. The minimum atomic E-state index is 0.650. The van der Waals surface area contributed by atoms with Crippen LogP contribution in [0.5, 0.6) is 0 Å². The van der Waals surface area contributed by atoms with Gasteiger partial charge in [0.15, 0.2) is 5.82 Å². The first-order valence-corrected chi connectivity index (χ1v) is 3.65. The molecule has 0 unspecified atom stereocenters. The summed E-state index contributed by atoms with van der Waals surface area (Å²) >= 11 is 0. The van der Waals surface area contributed by atoms with Crippen molar-refractivity contribution in [3.05, 3.63) is 17.8 Å². The van der Waals surface area contributed by atoms with Crippen LogP contribution in [0.15, 0.2) is 12.3 Å². The number of hydroxylamine groups is 1. The second-order valence-electron chi connectivity index (χ2n) is 2.55. The highest BCUT2D eigenvalue weighted by Crippen LogP contribution is 2.21. The van der Waals surface area contributed by atoms with Gasteiger partial charge in [-0.15, -0.1) is 0 Å². The van der Waals surface area contributed by atoms with E-state index in [0.717, 1.165) is 5.56 Å². The molecule has 4 heteroatoms. The Bertz CT molecular complexity index is 275. The first-order valence-electron chi connectivity index (χ1n) is 3.65. The molecular formula is C8H13N3O. The van der Waals surface area contributed by atoms with Crippen molar-refractivity contribution in [2.75, 3.05) is 25.0 Å². The predicted molar refractivity (Wildman–Crippen MR) is 48.8 cm³/mol. The molecule has 0 atom stereocenters. The lowest BCUT2D eigenvalue weighted by atomic mass is 10.2. The summed E-state index contributed by atoms with van der Waals surface area (Å²) in [6.07, 6.45) is 1.70. The second kappa shape index (κ2) is 3.40. The molecule has 2 N–H and O–H groups in total. The Morgan fingerprint density at radius 3 is 2.83 bits per heavy atom. The van der Waals surface area contributed by atoms with E-state index in [0.29, 0.717) is 11.5 Å². The van der Waals surface area contributed by atoms with Crippen LogP contribution in [0.2, 0.25) is 0 Å². The monoisotopic (exact) mass is 167 g/mol. The Labute approximate surface area is 71.9 Å². The molecule has 1 heterocycles. The van der Waals surface area contributed by atoms with Gasteiger partial charge in [0.1, 0.15) is 0 Å². The van der Waals surface area contributed by atoms with Crippen LogP contribution in [0.3, 0.4) is 0 Å². The van der Waals surface area contributed by atoms with Gasteiger partial charge in [-0.3, -0.25) is 4.84 Å². The van der Waals surface area contributed by atoms with Crippen molar-refractivity contribution in [1.29, 1.82) is 0 Å². The van der Waals surface area contributed by atoms with Gasteiger partial charge in [-0.25, -0.2) is 10.0 Å². The molecule has 0 fully saturated rings. The molecule has 66 valence electrons. The molecule has 12 heavy (non-hydrogen) atoms. The fourth-order valence-corrected chi connectivity index (χ4v) is 0.893. The van der Waals surface area contributed by atoms with Crippen LogP contribution < -0.4 is 10.8 Å². The van der Waals surface area contributed by atoms with Crippen LogP contribution in [0.1, 0.15) is 5.56 Å². The highest BCUT2D eigenvalue weighted by atomic mass is 16.7. The van der Waals surface area contributed by atoms with E-state index in [1.807, 2.05) is 13.0 Å². The van der Waals surface area contributed by atoms with E-state index < -0.39 is 0 Å². The minimum absolute atomic E-state index is 0.650. The van der Waals surface area contributed by atoms with Crippen molar-refractivity contribution >= 4 is 11.5 Å². The largest absolute Gasteiger partial charge is 0.395 e. The molecule has 0 spiro atoms. The van der Waals surface area contributed by atoms with Gasteiger partial charge in [-0.1, -0.05) is 0 Å². The van der Waals surface area contributed by atoms with E-state index in [2.05, 4.69) is 4.98 Å². The minimum Gasteiger partial charge on any atom is -0.395 e. The fourth-order valence-electron chi connectivity index (χ4n) is 0.893. The standard InChI is InChI=1S/C8H13N3O/c1-6-4-5-10-8(7(6)9)11(2)12-3/h4-5H,9H2,1-3H3. The molecule has 0 aliphatic heterocycles. The van der Waals surface area contributed by atoms with E-state index in [1.165, 1.54) is 5.06 Å². The molecule has 0 aliphatic carbocycles. The average Bonchev–Trinajstić information content (AvgIpc) is 2.08. The first-order chi connectivity index (χ1) is 5.66. The smallest absolute Gasteiger partial charge is 0.175 e. The number of nitrogen functional groups attached to an aromatic ring is 1. The van der Waals surface area contributed by atoms with Gasteiger partial charge in [-0.2, -0.15) is 0 Å². The summed E-state index contributed by atoms with van der Waals surface area (Å²) in [6.45, 7) is 1.93. The fraction of sp³-hybridized carbons (Fsp3) is 0.375. The summed E-state index contributed by atoms with van der Waals surface area (Å²) < 4.78 is 0. The highest BCUT2D eigenvalue weighted by Gasteiger charge is 2.06. The molecule has 0 radical (unpaired) electrons. The second-order valence-corrected chi connectivity index (χ2v) is 2.55. The number of anilines is 2. The molecule has 4 nitrogen and oxygen atoms in total. The molecule has 1 aromatic rings. The van der Waals surface area contributed by atoms with Gasteiger partial charge in [-0.05, 0) is 18.6 Å². The molecule has 0 amide bonds. The van der Waals surface area contributed by atoms with Gasteiger partial charge in [0.2, 0.25) is 0 Å². The van der Waals surface area contributed by atoms with E-state index in [9.17, 15) is 0 Å². The summed E-state index contributed by atoms with van der Waals surface area (Å²) in [5, 5.41) is 1.53. The number of rotatable bonds is 2. The summed E-state index contributed by atoms with van der Waals surface area (Å²) in [7, 11) is 3.33. The van der Waals surface area contributed by atoms with Crippen molar-refractivity contribution in [3.63, 3.8) is 0 Å². The van der Waals surface area contributed by atoms with Crippen molar-refractivity contribution in [3.8, 4) is 0 Å². The van der Waals surface area contributed by atoms with Gasteiger partial charge in [0.05, 0.1) is 12.8 Å². The van der Waals surface area contributed by atoms with Gasteiger partial charge in [0, 0.05) is 13.2 Å². The molecule has 0 bridgehead atoms. The number of pyridine rings is 1. The van der Waals surface area contributed by atoms with Gasteiger partial charge in [0.25, 0.3) is 0 Å². The highest BCUT2D eigenvalue weighted by molar-refractivity contribution is 5.64. The maximum Gasteiger partial charge on any atom is 0.175 e. The van der Waals surface area contributed by atoms with Crippen molar-refractivity contribution in [2.24, 2.45) is 0 Å². The Hall–Kier alpha value is -1.29. The third-order valence-corrected chi connectivity index (χ3v) is 1.76. The van der Waals surface area contributed by atoms with Crippen molar-refractivity contribution < 1.29 is 4.84 Å². The molecule has 1 aromatic heterocycles. The summed E-state index contributed by atoms with van der Waals surface area (Å²) in [5.41, 5.74) is 7.43. The lowest BCUT2D eigenvalue weighted by molar-refractivity contribution is 0.183. The number of hydrogen-bond donors (Lipinski definition) is 1. The Morgan fingerprint density at radius 1 is 1.58 bits per heavy atom. The Kier molecular flexibility index (Phi) is 2.50. The zero-order chi connectivity index (χ0) is 9.14. The maximum absolute atomic E-state index is 5.77. The summed E-state index contributed by atoms with van der Waals surface area (Å²) in [5.74, 6) is 0.650. The third-order valence-electron chi connectivity index (χ3n) is 1.76. The van der Waals surface area contributed by atoms with E-state index in [-0.39, 0.29) is 0 Å². The zero-order valence-electron chi connectivity index (χ0n) is 7.53. The molecule has 0 saturated carbocycles. The van der Waals surface area contributed by atoms with E-state index >= 15 is 0 Å². The van der Waals surface area contributed by atoms with Crippen LogP contribution in [0.4, 0.5) is 11.5 Å². The van der Waals surface area contributed by atoms with Crippen molar-refractivity contribution in [1.82, 2.24) is 4.98 Å². The van der Waals surface area contributed by atoms with Crippen LogP contribution >= 0.6 is 0 Å². The number of nitrogens with zero attached hydrogens (tertiary/aromatic N) is 2. The summed E-state index contributed by atoms with van der Waals surface area (Å²) in [4.78, 5) is 9.05. The Morgan fingerprint density at radius 2 is 2.25 bits per heavy atom. The topological polar surface area (TPSA) is 51.4 Å². The first kappa shape index (κ1) is 8.80. The van der Waals surface area contributed by atoms with Crippen LogP contribution in [0.25, 0.3) is 0 Å². The lowest BCUT2D eigenvalue weighted by Gasteiger charge is -2.16. The van der Waals surface area contributed by atoms with Gasteiger partial charge >= 0.3 is 0 Å². The normalized spacial score (nSPS) is 9.92. The summed E-state index contributed by atoms with van der Waals surface area (Å²) in [6, 6.07) is 1.86. The molecule has 0 aromatic carbocycles. The number of nitrogens with two attached hydrogens (primary N) is 1. The molecular weight excluding hydrogens is 154 g/mol. The molecule has 0 aliphatic rings. The van der Waals surface area contributed by atoms with Crippen LogP contribution in [0, 0.1) is 6.92 Å². The van der Waals surface area contributed by atoms with Crippen molar-refractivity contribution in [2.45, 2.75) is 6.92 Å². The third kappa shape index (κ3) is 1.48. The van der Waals surface area contributed by atoms with Gasteiger partial charge < -0.3 is 5.73 Å². The van der Waals surface area contributed by atoms with Crippen LogP contribution in [-0.2, 0) is 4.84 Å². The predicted octanol–water partition coefficient (Wildman–Crippen LogP) is 0.970. The quantitative estimate of drug-likeness (QED) is 0.667. The zero-order valence-corrected chi connectivity index (χ0v) is 7.53. The maximum atomic E-state index is 5.77. The lowest BCUT2D eigenvalue weighted by Crippen LogP contribution is -2.18. The Balaban J connectivity index is 3.07. The number of aromatic nitrogens is 1. The molecule has 0 saturated heterocycles. The van der Waals surface area contributed by atoms with E-state index in [4.69, 9.17) is 10.6 Å². The SMILES string of the molecule is CON(C)c1nccc(C)c1N. The van der Waals surface area contributed by atoms with E-state index in [1.54, 1.807) is 20.4 Å².